The van der Waals surface area contributed by atoms with E-state index in [4.69, 9.17) is 16.6 Å². The Morgan fingerprint density at radius 1 is 1.29 bits per heavy atom. The zero-order valence-electron chi connectivity index (χ0n) is 13.1. The number of nitriles is 1. The minimum Gasteiger partial charge on any atom is -0.350 e. The zero-order valence-corrected chi connectivity index (χ0v) is 13.9. The van der Waals surface area contributed by atoms with Gasteiger partial charge in [0.2, 0.25) is 5.91 Å². The summed E-state index contributed by atoms with van der Waals surface area (Å²) in [6, 6.07) is 9.80. The number of hydrogen-bond acceptors (Lipinski definition) is 4. The molecule has 1 amide bonds. The summed E-state index contributed by atoms with van der Waals surface area (Å²) in [5.74, 6) is 0.725. The molecular formula is C18H17ClN4O. The van der Waals surface area contributed by atoms with Crippen molar-refractivity contribution in [2.45, 2.75) is 37.8 Å². The number of aromatic nitrogens is 1. The zero-order chi connectivity index (χ0) is 16.7. The highest BCUT2D eigenvalue weighted by Gasteiger charge is 2.37. The number of benzene rings is 1. The SMILES string of the molecule is N#Cc1cc(N2CC(=O)NC3CCCCC32)nc2ccc(Cl)cc12. The second-order valence-electron chi connectivity index (χ2n) is 6.46. The molecule has 1 saturated heterocycles. The number of rotatable bonds is 1. The maximum Gasteiger partial charge on any atom is 0.239 e. The van der Waals surface area contributed by atoms with E-state index in [9.17, 15) is 10.1 Å². The van der Waals surface area contributed by atoms with Crippen LogP contribution in [0.4, 0.5) is 5.82 Å². The Hall–Kier alpha value is -2.32. The lowest BCUT2D eigenvalue weighted by Crippen LogP contribution is -2.62. The number of carbonyl (C=O) groups is 1. The first-order valence-corrected chi connectivity index (χ1v) is 8.60. The molecule has 122 valence electrons. The van der Waals surface area contributed by atoms with Crippen molar-refractivity contribution in [3.05, 3.63) is 34.9 Å². The van der Waals surface area contributed by atoms with Crippen molar-refractivity contribution < 1.29 is 4.79 Å². The smallest absolute Gasteiger partial charge is 0.239 e. The highest BCUT2D eigenvalue weighted by Crippen LogP contribution is 2.31. The molecule has 1 aromatic carbocycles. The maximum atomic E-state index is 12.1. The third-order valence-corrected chi connectivity index (χ3v) is 5.20. The Kier molecular flexibility index (Phi) is 3.78. The highest BCUT2D eigenvalue weighted by atomic mass is 35.5. The predicted octanol–water partition coefficient (Wildman–Crippen LogP) is 3.01. The summed E-state index contributed by atoms with van der Waals surface area (Å²) in [7, 11) is 0. The van der Waals surface area contributed by atoms with Crippen molar-refractivity contribution in [3.63, 3.8) is 0 Å². The summed E-state index contributed by atoms with van der Waals surface area (Å²) in [6.45, 7) is 0.290. The van der Waals surface area contributed by atoms with Gasteiger partial charge in [-0.1, -0.05) is 24.4 Å². The quantitative estimate of drug-likeness (QED) is 0.866. The number of anilines is 1. The van der Waals surface area contributed by atoms with E-state index >= 15 is 0 Å². The molecule has 4 rings (SSSR count). The number of hydrogen-bond donors (Lipinski definition) is 1. The lowest BCUT2D eigenvalue weighted by molar-refractivity contribution is -0.122. The highest BCUT2D eigenvalue weighted by molar-refractivity contribution is 6.31. The molecule has 2 heterocycles. The van der Waals surface area contributed by atoms with Crippen LogP contribution in [0.3, 0.4) is 0 Å². The van der Waals surface area contributed by atoms with Crippen LogP contribution in [-0.4, -0.2) is 29.5 Å². The molecular weight excluding hydrogens is 324 g/mol. The van der Waals surface area contributed by atoms with Crippen molar-refractivity contribution in [1.82, 2.24) is 10.3 Å². The number of fused-ring (bicyclic) bond motifs is 2. The standard InChI is InChI=1S/C18H17ClN4O/c19-12-5-6-14-13(8-12)11(9-20)7-17(21-14)23-10-18(24)22-15-3-1-2-4-16(15)23/h5-8,15-16H,1-4,10H2,(H,22,24). The number of nitrogens with one attached hydrogen (secondary N) is 1. The molecule has 2 aliphatic rings. The van der Waals surface area contributed by atoms with E-state index in [1.54, 1.807) is 18.2 Å². The van der Waals surface area contributed by atoms with E-state index in [0.717, 1.165) is 36.6 Å². The van der Waals surface area contributed by atoms with Gasteiger partial charge in [-0.05, 0) is 37.1 Å². The Morgan fingerprint density at radius 2 is 2.12 bits per heavy atom. The Bertz CT molecular complexity index is 860. The lowest BCUT2D eigenvalue weighted by atomic mass is 9.87. The van der Waals surface area contributed by atoms with Crippen LogP contribution in [0.2, 0.25) is 5.02 Å². The Morgan fingerprint density at radius 3 is 2.96 bits per heavy atom. The van der Waals surface area contributed by atoms with Gasteiger partial charge in [0.05, 0.1) is 29.7 Å². The van der Waals surface area contributed by atoms with Crippen molar-refractivity contribution in [2.75, 3.05) is 11.4 Å². The number of halogens is 1. The summed E-state index contributed by atoms with van der Waals surface area (Å²) >= 11 is 6.05. The van der Waals surface area contributed by atoms with Crippen LogP contribution in [0, 0.1) is 11.3 Å². The summed E-state index contributed by atoms with van der Waals surface area (Å²) < 4.78 is 0. The van der Waals surface area contributed by atoms with Crippen LogP contribution in [0.5, 0.6) is 0 Å². The Balaban J connectivity index is 1.81. The van der Waals surface area contributed by atoms with Crippen LogP contribution < -0.4 is 10.2 Å². The second kappa shape index (κ2) is 5.95. The number of pyridine rings is 1. The molecule has 1 aromatic heterocycles. The monoisotopic (exact) mass is 340 g/mol. The normalized spacial score (nSPS) is 23.5. The van der Waals surface area contributed by atoms with Gasteiger partial charge in [0.25, 0.3) is 0 Å². The number of carbonyl (C=O) groups excluding carboxylic acids is 1. The third kappa shape index (κ3) is 2.57. The van der Waals surface area contributed by atoms with Crippen LogP contribution in [-0.2, 0) is 4.79 Å². The van der Waals surface area contributed by atoms with E-state index in [2.05, 4.69) is 16.3 Å². The van der Waals surface area contributed by atoms with Crippen molar-refractivity contribution in [3.8, 4) is 6.07 Å². The largest absolute Gasteiger partial charge is 0.350 e. The van der Waals surface area contributed by atoms with Gasteiger partial charge in [-0.3, -0.25) is 4.79 Å². The van der Waals surface area contributed by atoms with Gasteiger partial charge in [-0.2, -0.15) is 5.26 Å². The van der Waals surface area contributed by atoms with E-state index in [0.29, 0.717) is 16.4 Å². The van der Waals surface area contributed by atoms with Crippen LogP contribution >= 0.6 is 11.6 Å². The number of piperazine rings is 1. The minimum atomic E-state index is 0.0228. The average Bonchev–Trinajstić information content (AvgIpc) is 2.60. The van der Waals surface area contributed by atoms with Gasteiger partial charge >= 0.3 is 0 Å². The minimum absolute atomic E-state index is 0.0228. The molecule has 6 heteroatoms. The summed E-state index contributed by atoms with van der Waals surface area (Å²) in [5.41, 5.74) is 1.27. The third-order valence-electron chi connectivity index (χ3n) is 4.96. The predicted molar refractivity (Wildman–Crippen MR) is 93.0 cm³/mol. The first kappa shape index (κ1) is 15.2. The molecule has 1 aliphatic carbocycles. The Labute approximate surface area is 145 Å². The molecule has 5 nitrogen and oxygen atoms in total. The van der Waals surface area contributed by atoms with Gasteiger partial charge in [0.15, 0.2) is 0 Å². The van der Waals surface area contributed by atoms with E-state index < -0.39 is 0 Å². The molecule has 1 N–H and O–H groups in total. The van der Waals surface area contributed by atoms with Gasteiger partial charge in [0.1, 0.15) is 5.82 Å². The van der Waals surface area contributed by atoms with Gasteiger partial charge in [0, 0.05) is 16.5 Å². The molecule has 1 saturated carbocycles. The van der Waals surface area contributed by atoms with Gasteiger partial charge < -0.3 is 10.2 Å². The van der Waals surface area contributed by atoms with Gasteiger partial charge in [-0.25, -0.2) is 4.98 Å². The second-order valence-corrected chi connectivity index (χ2v) is 6.89. The molecule has 0 radical (unpaired) electrons. The molecule has 24 heavy (non-hydrogen) atoms. The fourth-order valence-corrected chi connectivity index (χ4v) is 4.02. The molecule has 0 spiro atoms. The van der Waals surface area contributed by atoms with E-state index in [1.807, 2.05) is 6.07 Å². The first-order chi connectivity index (χ1) is 11.7. The van der Waals surface area contributed by atoms with E-state index in [-0.39, 0.29) is 24.5 Å². The molecule has 1 aliphatic heterocycles. The van der Waals surface area contributed by atoms with Crippen molar-refractivity contribution >= 4 is 34.2 Å². The van der Waals surface area contributed by atoms with Crippen LogP contribution in [0.25, 0.3) is 10.9 Å². The van der Waals surface area contributed by atoms with Crippen molar-refractivity contribution in [2.24, 2.45) is 0 Å². The molecule has 0 bridgehead atoms. The maximum absolute atomic E-state index is 12.1. The van der Waals surface area contributed by atoms with E-state index in [1.165, 1.54) is 0 Å². The topological polar surface area (TPSA) is 69.0 Å². The summed E-state index contributed by atoms with van der Waals surface area (Å²) in [5, 5.41) is 13.9. The fraction of sp³-hybridized carbons (Fsp3) is 0.389. The average molecular weight is 341 g/mol. The molecule has 2 unspecified atom stereocenters. The van der Waals surface area contributed by atoms with Crippen molar-refractivity contribution in [1.29, 1.82) is 5.26 Å². The van der Waals surface area contributed by atoms with Crippen LogP contribution in [0.15, 0.2) is 24.3 Å². The molecule has 2 atom stereocenters. The molecule has 2 aromatic rings. The summed E-state index contributed by atoms with van der Waals surface area (Å²) in [6.07, 6.45) is 4.33. The lowest BCUT2D eigenvalue weighted by Gasteiger charge is -2.44. The fourth-order valence-electron chi connectivity index (χ4n) is 3.85. The van der Waals surface area contributed by atoms with Crippen LogP contribution in [0.1, 0.15) is 31.2 Å². The number of amides is 1. The molecule has 2 fully saturated rings. The van der Waals surface area contributed by atoms with Gasteiger partial charge in [-0.15, -0.1) is 0 Å². The first-order valence-electron chi connectivity index (χ1n) is 8.22. The summed E-state index contributed by atoms with van der Waals surface area (Å²) in [4.78, 5) is 18.9. The number of nitrogens with zero attached hydrogens (tertiary/aromatic N) is 3.